The highest BCUT2D eigenvalue weighted by atomic mass is 32.1. The van der Waals surface area contributed by atoms with Gasteiger partial charge in [-0.15, -0.1) is 11.3 Å². The lowest BCUT2D eigenvalue weighted by atomic mass is 10.2. The summed E-state index contributed by atoms with van der Waals surface area (Å²) >= 11 is 6.96. The van der Waals surface area contributed by atoms with Crippen LogP contribution in [0.15, 0.2) is 29.9 Å². The van der Waals surface area contributed by atoms with E-state index in [1.807, 2.05) is 12.4 Å². The third-order valence-electron chi connectivity index (χ3n) is 2.23. The Morgan fingerprint density at radius 3 is 3.07 bits per heavy atom. The summed E-state index contributed by atoms with van der Waals surface area (Å²) in [5.74, 6) is 0. The summed E-state index contributed by atoms with van der Waals surface area (Å²) in [6, 6.07) is 4.67. The van der Waals surface area contributed by atoms with Gasteiger partial charge in [0.15, 0.2) is 4.77 Å². The maximum Gasteiger partial charge on any atom is 0.177 e. The van der Waals surface area contributed by atoms with Crippen LogP contribution in [0.2, 0.25) is 0 Å². The van der Waals surface area contributed by atoms with Gasteiger partial charge < -0.3 is 9.55 Å². The second-order valence-corrected chi connectivity index (χ2v) is 4.72. The summed E-state index contributed by atoms with van der Waals surface area (Å²) in [4.78, 5) is 4.41. The Bertz CT molecular complexity index is 439. The van der Waals surface area contributed by atoms with Crippen LogP contribution in [-0.4, -0.2) is 9.55 Å². The Morgan fingerprint density at radius 2 is 2.50 bits per heavy atom. The third-order valence-corrected chi connectivity index (χ3v) is 3.46. The number of hydrogen-bond acceptors (Lipinski definition) is 2. The normalized spacial score (nSPS) is 12.9. The largest absolute Gasteiger partial charge is 0.337 e. The van der Waals surface area contributed by atoms with E-state index in [1.54, 1.807) is 11.3 Å². The molecule has 1 unspecified atom stereocenters. The summed E-state index contributed by atoms with van der Waals surface area (Å²) in [6.07, 6.45) is 4.93. The van der Waals surface area contributed by atoms with Crippen LogP contribution in [0, 0.1) is 4.77 Å². The second kappa shape index (κ2) is 4.11. The van der Waals surface area contributed by atoms with E-state index in [4.69, 9.17) is 12.2 Å². The minimum Gasteiger partial charge on any atom is -0.337 e. The topological polar surface area (TPSA) is 20.7 Å². The van der Waals surface area contributed by atoms with Gasteiger partial charge in [-0.1, -0.05) is 6.07 Å². The number of nitrogens with one attached hydrogen (secondary N) is 1. The molecule has 0 bridgehead atoms. The van der Waals surface area contributed by atoms with Crippen LogP contribution in [0.4, 0.5) is 0 Å². The van der Waals surface area contributed by atoms with E-state index in [0.717, 1.165) is 11.2 Å². The first-order chi connectivity index (χ1) is 6.77. The van der Waals surface area contributed by atoms with Crippen LogP contribution >= 0.6 is 23.6 Å². The number of hydrogen-bond donors (Lipinski definition) is 1. The molecule has 2 rings (SSSR count). The molecule has 1 N–H and O–H groups in total. The van der Waals surface area contributed by atoms with E-state index in [-0.39, 0.29) is 0 Å². The van der Waals surface area contributed by atoms with Crippen molar-refractivity contribution in [3.63, 3.8) is 0 Å². The van der Waals surface area contributed by atoms with Crippen molar-refractivity contribution in [2.75, 3.05) is 0 Å². The molecule has 0 aromatic carbocycles. The number of imidazole rings is 1. The highest BCUT2D eigenvalue weighted by molar-refractivity contribution is 7.71. The molecule has 0 saturated carbocycles. The van der Waals surface area contributed by atoms with E-state index in [2.05, 4.69) is 34.0 Å². The number of aromatic amines is 1. The van der Waals surface area contributed by atoms with Gasteiger partial charge in [0.25, 0.3) is 0 Å². The van der Waals surface area contributed by atoms with Crippen LogP contribution in [0.1, 0.15) is 17.8 Å². The van der Waals surface area contributed by atoms with Crippen LogP contribution < -0.4 is 0 Å². The molecule has 0 spiro atoms. The molecule has 74 valence electrons. The van der Waals surface area contributed by atoms with E-state index in [1.165, 1.54) is 4.88 Å². The Hall–Kier alpha value is -0.870. The summed E-state index contributed by atoms with van der Waals surface area (Å²) in [6.45, 7) is 2.18. The van der Waals surface area contributed by atoms with Crippen molar-refractivity contribution in [3.8, 4) is 0 Å². The summed E-state index contributed by atoms with van der Waals surface area (Å²) in [7, 11) is 0. The highest BCUT2D eigenvalue weighted by Gasteiger charge is 2.06. The molecule has 0 aliphatic heterocycles. The van der Waals surface area contributed by atoms with Gasteiger partial charge in [0.05, 0.1) is 0 Å². The predicted octanol–water partition coefficient (Wildman–Crippen LogP) is 3.41. The second-order valence-electron chi connectivity index (χ2n) is 3.31. The monoisotopic (exact) mass is 224 g/mol. The Kier molecular flexibility index (Phi) is 2.84. The summed E-state index contributed by atoms with van der Waals surface area (Å²) < 4.78 is 2.89. The number of H-pyrrole nitrogens is 1. The zero-order valence-electron chi connectivity index (χ0n) is 7.93. The molecule has 1 atom stereocenters. The van der Waals surface area contributed by atoms with Crippen LogP contribution in [0.5, 0.6) is 0 Å². The fourth-order valence-electron chi connectivity index (χ4n) is 1.50. The van der Waals surface area contributed by atoms with E-state index in [0.29, 0.717) is 6.04 Å². The van der Waals surface area contributed by atoms with E-state index in [9.17, 15) is 0 Å². The molecule has 2 aromatic rings. The van der Waals surface area contributed by atoms with E-state index < -0.39 is 0 Å². The van der Waals surface area contributed by atoms with Crippen molar-refractivity contribution in [1.82, 2.24) is 9.55 Å². The smallest absolute Gasteiger partial charge is 0.177 e. The van der Waals surface area contributed by atoms with Gasteiger partial charge in [0, 0.05) is 29.7 Å². The lowest BCUT2D eigenvalue weighted by molar-refractivity contribution is 0.542. The van der Waals surface area contributed by atoms with Crippen LogP contribution in [0.3, 0.4) is 0 Å². The number of rotatable bonds is 3. The molecule has 4 heteroatoms. The Morgan fingerprint density at radius 1 is 1.64 bits per heavy atom. The Labute approximate surface area is 92.2 Å². The van der Waals surface area contributed by atoms with Crippen molar-refractivity contribution in [1.29, 1.82) is 0 Å². The first-order valence-electron chi connectivity index (χ1n) is 4.55. The predicted molar refractivity (Wildman–Crippen MR) is 62.4 cm³/mol. The minimum absolute atomic E-state index is 0.424. The zero-order valence-corrected chi connectivity index (χ0v) is 9.57. The molecule has 2 heterocycles. The lowest BCUT2D eigenvalue weighted by Crippen LogP contribution is -2.06. The molecular weight excluding hydrogens is 212 g/mol. The van der Waals surface area contributed by atoms with Gasteiger partial charge in [-0.05, 0) is 30.6 Å². The van der Waals surface area contributed by atoms with Crippen molar-refractivity contribution in [2.45, 2.75) is 19.4 Å². The molecule has 2 nitrogen and oxygen atoms in total. The average Bonchev–Trinajstić information content (AvgIpc) is 2.75. The molecule has 0 aliphatic rings. The number of aromatic nitrogens is 2. The van der Waals surface area contributed by atoms with Gasteiger partial charge in [-0.3, -0.25) is 0 Å². The van der Waals surface area contributed by atoms with Crippen LogP contribution in [0.25, 0.3) is 0 Å². The van der Waals surface area contributed by atoms with Gasteiger partial charge in [-0.25, -0.2) is 0 Å². The summed E-state index contributed by atoms with van der Waals surface area (Å²) in [5.41, 5.74) is 0. The van der Waals surface area contributed by atoms with Gasteiger partial charge in [0.2, 0.25) is 0 Å². The highest BCUT2D eigenvalue weighted by Crippen LogP contribution is 2.17. The molecule has 0 amide bonds. The van der Waals surface area contributed by atoms with Crippen molar-refractivity contribution in [2.24, 2.45) is 0 Å². The van der Waals surface area contributed by atoms with Crippen LogP contribution in [-0.2, 0) is 6.42 Å². The van der Waals surface area contributed by atoms with Gasteiger partial charge in [-0.2, -0.15) is 0 Å². The molecule has 0 aliphatic carbocycles. The minimum atomic E-state index is 0.424. The molecule has 0 saturated heterocycles. The summed E-state index contributed by atoms with van der Waals surface area (Å²) in [5, 5.41) is 2.11. The van der Waals surface area contributed by atoms with Crippen molar-refractivity contribution >= 4 is 23.6 Å². The first-order valence-corrected chi connectivity index (χ1v) is 5.84. The molecule has 0 radical (unpaired) electrons. The maximum absolute atomic E-state index is 5.17. The van der Waals surface area contributed by atoms with Crippen molar-refractivity contribution < 1.29 is 0 Å². The number of thiophene rings is 1. The third kappa shape index (κ3) is 1.96. The van der Waals surface area contributed by atoms with Crippen molar-refractivity contribution in [3.05, 3.63) is 39.6 Å². The fourth-order valence-corrected chi connectivity index (χ4v) is 2.63. The SMILES string of the molecule is CC(Cc1cccs1)n1cc[nH]c1=S. The lowest BCUT2D eigenvalue weighted by Gasteiger charge is -2.11. The molecule has 2 aromatic heterocycles. The fraction of sp³-hybridized carbons (Fsp3) is 0.300. The standard InChI is InChI=1S/C10H12N2S2/c1-8(7-9-3-2-6-14-9)12-5-4-11-10(12)13/h2-6,8H,7H2,1H3,(H,11,13). The zero-order chi connectivity index (χ0) is 9.97. The van der Waals surface area contributed by atoms with Gasteiger partial charge in [0.1, 0.15) is 0 Å². The number of nitrogens with zero attached hydrogens (tertiary/aromatic N) is 1. The first kappa shape index (κ1) is 9.68. The Balaban J connectivity index is 2.14. The average molecular weight is 224 g/mol. The molecular formula is C10H12N2S2. The molecule has 14 heavy (non-hydrogen) atoms. The molecule has 0 fully saturated rings. The van der Waals surface area contributed by atoms with E-state index >= 15 is 0 Å². The maximum atomic E-state index is 5.17. The van der Waals surface area contributed by atoms with Gasteiger partial charge >= 0.3 is 0 Å². The quantitative estimate of drug-likeness (QED) is 0.792.